The first kappa shape index (κ1) is 22.5. The van der Waals surface area contributed by atoms with Crippen molar-refractivity contribution in [3.8, 4) is 11.3 Å². The number of H-pyrrole nitrogens is 1. The van der Waals surface area contributed by atoms with Gasteiger partial charge in [-0.25, -0.2) is 9.97 Å². The molecule has 1 aliphatic rings. The molecule has 0 bridgehead atoms. The van der Waals surface area contributed by atoms with Crippen molar-refractivity contribution >= 4 is 34.4 Å². The Morgan fingerprint density at radius 1 is 1.21 bits per heavy atom. The Labute approximate surface area is 196 Å². The monoisotopic (exact) mass is 450 g/mol. The maximum atomic E-state index is 12.3. The van der Waals surface area contributed by atoms with Crippen LogP contribution < -0.4 is 10.2 Å². The second-order valence-corrected chi connectivity index (χ2v) is 8.66. The first-order chi connectivity index (χ1) is 15.8. The Hall–Kier alpha value is -3.68. The van der Waals surface area contributed by atoms with E-state index < -0.39 is 0 Å². The number of rotatable bonds is 4. The molecule has 8 nitrogen and oxygen atoms in total. The highest BCUT2D eigenvalue weighted by atomic mass is 16.2. The summed E-state index contributed by atoms with van der Waals surface area (Å²) < 4.78 is 0. The molecule has 0 radical (unpaired) electrons. The lowest BCUT2D eigenvalue weighted by Crippen LogP contribution is -2.58. The molecule has 0 saturated carbocycles. The van der Waals surface area contributed by atoms with Crippen LogP contribution in [0.4, 0.5) is 11.5 Å². The lowest BCUT2D eigenvalue weighted by Gasteiger charge is -2.44. The highest BCUT2D eigenvalue weighted by Gasteiger charge is 2.31. The molecule has 8 heteroatoms. The van der Waals surface area contributed by atoms with E-state index in [0.717, 1.165) is 41.2 Å². The number of allylic oxidation sites excluding steroid dienone is 1. The number of anilines is 2. The highest BCUT2D eigenvalue weighted by Crippen LogP contribution is 2.30. The van der Waals surface area contributed by atoms with Crippen molar-refractivity contribution in [3.05, 3.63) is 48.3 Å². The Balaban J connectivity index is 0.00000216. The van der Waals surface area contributed by atoms with E-state index in [1.165, 1.54) is 0 Å². The highest BCUT2D eigenvalue weighted by molar-refractivity contribution is 6.04. The molecule has 1 saturated heterocycles. The minimum Gasteiger partial charge on any atom is -0.352 e. The summed E-state index contributed by atoms with van der Waals surface area (Å²) in [5.41, 5.74) is 3.75. The van der Waals surface area contributed by atoms with Gasteiger partial charge < -0.3 is 20.1 Å². The Bertz CT molecular complexity index is 1230. The van der Waals surface area contributed by atoms with E-state index in [2.05, 4.69) is 34.0 Å². The van der Waals surface area contributed by atoms with Crippen molar-refractivity contribution in [2.24, 2.45) is 0 Å². The lowest BCUT2D eigenvalue weighted by molar-refractivity contribution is -0.133. The molecular weight excluding hydrogens is 416 g/mol. The fourth-order valence-corrected chi connectivity index (χ4v) is 4.52. The summed E-state index contributed by atoms with van der Waals surface area (Å²) in [4.78, 5) is 41.0. The average molecular weight is 451 g/mol. The van der Waals surface area contributed by atoms with E-state index >= 15 is 0 Å². The molecule has 1 aliphatic heterocycles. The van der Waals surface area contributed by atoms with E-state index in [-0.39, 0.29) is 26.8 Å². The number of carbonyl (C=O) groups is 2. The number of aromatic amines is 1. The van der Waals surface area contributed by atoms with Gasteiger partial charge in [-0.1, -0.05) is 12.1 Å². The second-order valence-electron chi connectivity index (χ2n) is 8.66. The maximum Gasteiger partial charge on any atom is 0.251 e. The van der Waals surface area contributed by atoms with E-state index in [1.807, 2.05) is 42.3 Å². The van der Waals surface area contributed by atoms with Gasteiger partial charge in [0, 0.05) is 57.7 Å². The molecule has 1 fully saturated rings. The third-order valence-electron chi connectivity index (χ3n) is 6.20. The Kier molecular flexibility index (Phi) is 6.18. The number of amides is 2. The van der Waals surface area contributed by atoms with Gasteiger partial charge in [0.2, 0.25) is 5.91 Å². The summed E-state index contributed by atoms with van der Waals surface area (Å²) in [6.07, 6.45) is 5.31. The number of hydrogen-bond acceptors (Lipinski definition) is 5. The molecule has 4 rings (SSSR count). The molecule has 3 aromatic rings. The quantitative estimate of drug-likeness (QED) is 0.572. The second kappa shape index (κ2) is 9.05. The van der Waals surface area contributed by atoms with Gasteiger partial charge in [-0.3, -0.25) is 9.59 Å². The van der Waals surface area contributed by atoms with Gasteiger partial charge in [0.1, 0.15) is 11.5 Å². The number of nitrogens with one attached hydrogen (secondary N) is 2. The van der Waals surface area contributed by atoms with E-state index in [0.29, 0.717) is 11.3 Å². The van der Waals surface area contributed by atoms with Crippen molar-refractivity contribution in [2.75, 3.05) is 23.3 Å². The van der Waals surface area contributed by atoms with Gasteiger partial charge >= 0.3 is 0 Å². The molecule has 2 N–H and O–H groups in total. The predicted octanol–water partition coefficient (Wildman–Crippen LogP) is 4.47. The zero-order chi connectivity index (χ0) is 23.7. The van der Waals surface area contributed by atoms with Gasteiger partial charge in [-0.15, -0.1) is 0 Å². The third kappa shape index (κ3) is 4.46. The molecule has 3 aromatic heterocycles. The molecule has 33 heavy (non-hydrogen) atoms. The number of fused-ring (bicyclic) bond motifs is 1. The number of pyridine rings is 2. The van der Waals surface area contributed by atoms with Crippen molar-refractivity contribution in [2.45, 2.75) is 46.7 Å². The number of hydrogen-bond donors (Lipinski definition) is 2. The number of carbonyl (C=O) groups excluding carboxylic acids is 2. The minimum absolute atomic E-state index is 0. The van der Waals surface area contributed by atoms with Crippen LogP contribution in [0.3, 0.4) is 0 Å². The molecule has 0 unspecified atom stereocenters. The van der Waals surface area contributed by atoms with E-state index in [1.54, 1.807) is 26.1 Å². The predicted molar refractivity (Wildman–Crippen MR) is 135 cm³/mol. The zero-order valence-corrected chi connectivity index (χ0v) is 19.7. The lowest BCUT2D eigenvalue weighted by atomic mass is 10.1. The fraction of sp³-hybridized carbons (Fsp3) is 0.360. The average Bonchev–Trinajstić information content (AvgIpc) is 3.21. The molecule has 2 atom stereocenters. The molecule has 0 aliphatic carbocycles. The van der Waals surface area contributed by atoms with Crippen molar-refractivity contribution < 1.29 is 12.4 Å². The zero-order valence-electron chi connectivity index (χ0n) is 19.7. The molecule has 176 valence electrons. The van der Waals surface area contributed by atoms with Crippen LogP contribution in [0, 0.1) is 0 Å². The van der Waals surface area contributed by atoms with E-state index in [4.69, 9.17) is 4.98 Å². The van der Waals surface area contributed by atoms with Gasteiger partial charge in [-0.05, 0) is 45.9 Å². The number of aromatic nitrogens is 3. The topological polar surface area (TPSA) is 94.2 Å². The third-order valence-corrected chi connectivity index (χ3v) is 6.20. The Morgan fingerprint density at radius 3 is 2.61 bits per heavy atom. The van der Waals surface area contributed by atoms with Crippen LogP contribution in [-0.2, 0) is 9.59 Å². The van der Waals surface area contributed by atoms with Crippen LogP contribution in [0.1, 0.15) is 37.5 Å². The summed E-state index contributed by atoms with van der Waals surface area (Å²) in [7, 11) is 0. The first-order valence-electron chi connectivity index (χ1n) is 11.2. The smallest absolute Gasteiger partial charge is 0.251 e. The minimum atomic E-state index is -0.149. The van der Waals surface area contributed by atoms with Crippen LogP contribution in [0.5, 0.6) is 0 Å². The standard InChI is InChI=1S/C25H30N6O2.2H2/c1-6-15(2)25(33)28-19-10-20-21(12-27-24(20)26-11-19)22-8-7-9-23(29-22)30-13-16(3)31(18(5)32)17(4)14-30;;/h6-12,16-17H,13-14H2,1-5H3,(H,26,27)(H,28,33);2*1H/b15-6+;;/t16-,17+;;. The first-order valence-corrected chi connectivity index (χ1v) is 11.2. The summed E-state index contributed by atoms with van der Waals surface area (Å²) >= 11 is 0. The van der Waals surface area contributed by atoms with Crippen molar-refractivity contribution in [1.29, 1.82) is 0 Å². The molecule has 2 amide bonds. The summed E-state index contributed by atoms with van der Waals surface area (Å²) in [5, 5.41) is 3.78. The largest absolute Gasteiger partial charge is 0.352 e. The van der Waals surface area contributed by atoms with Crippen LogP contribution in [0.25, 0.3) is 22.3 Å². The summed E-state index contributed by atoms with van der Waals surface area (Å²) in [6, 6.07) is 8.11. The van der Waals surface area contributed by atoms with Crippen LogP contribution in [0.15, 0.2) is 48.3 Å². The maximum absolute atomic E-state index is 12.3. The molecule has 4 heterocycles. The molecular formula is C25H34N6O2. The van der Waals surface area contributed by atoms with Gasteiger partial charge in [0.25, 0.3) is 5.91 Å². The van der Waals surface area contributed by atoms with Crippen LogP contribution in [-0.4, -0.2) is 56.8 Å². The van der Waals surface area contributed by atoms with Crippen LogP contribution >= 0.6 is 0 Å². The number of piperazine rings is 1. The van der Waals surface area contributed by atoms with Gasteiger partial charge in [-0.2, -0.15) is 0 Å². The van der Waals surface area contributed by atoms with Gasteiger partial charge in [0.15, 0.2) is 0 Å². The number of nitrogens with zero attached hydrogens (tertiary/aromatic N) is 4. The Morgan fingerprint density at radius 2 is 1.94 bits per heavy atom. The summed E-state index contributed by atoms with van der Waals surface area (Å²) in [5.74, 6) is 0.837. The van der Waals surface area contributed by atoms with E-state index in [9.17, 15) is 9.59 Å². The van der Waals surface area contributed by atoms with Gasteiger partial charge in [0.05, 0.1) is 17.6 Å². The molecule has 0 spiro atoms. The summed E-state index contributed by atoms with van der Waals surface area (Å²) in [6.45, 7) is 10.8. The van der Waals surface area contributed by atoms with Crippen molar-refractivity contribution in [3.63, 3.8) is 0 Å². The fourth-order valence-electron chi connectivity index (χ4n) is 4.52. The molecule has 0 aromatic carbocycles. The van der Waals surface area contributed by atoms with Crippen molar-refractivity contribution in [1.82, 2.24) is 19.9 Å². The SMILES string of the molecule is C/C=C(\C)C(=O)Nc1cnc2[nH]cc(-c3cccc(N4C[C@@H](C)N(C(C)=O)[C@@H](C)C4)n3)c2c1.[HH].[HH]. The normalized spacial score (nSPS) is 19.1. The van der Waals surface area contributed by atoms with Crippen LogP contribution in [0.2, 0.25) is 0 Å².